The summed E-state index contributed by atoms with van der Waals surface area (Å²) in [7, 11) is 0. The van der Waals surface area contributed by atoms with Crippen LogP contribution >= 0.6 is 0 Å². The minimum Gasteiger partial charge on any atom is -0.396 e. The lowest BCUT2D eigenvalue weighted by Gasteiger charge is -2.11. The highest BCUT2D eigenvalue weighted by molar-refractivity contribution is 5.02. The molecule has 1 unspecified atom stereocenters. The summed E-state index contributed by atoms with van der Waals surface area (Å²) in [5.74, 6) is 1.89. The number of aliphatic hydroxyl groups excluding tert-OH is 1. The summed E-state index contributed by atoms with van der Waals surface area (Å²) in [6.07, 6.45) is 5.16. The van der Waals surface area contributed by atoms with Gasteiger partial charge in [-0.3, -0.25) is 0 Å². The Labute approximate surface area is 89.3 Å². The van der Waals surface area contributed by atoms with Crippen molar-refractivity contribution in [1.29, 1.82) is 0 Å². The van der Waals surface area contributed by atoms with Gasteiger partial charge in [-0.15, -0.1) is 10.2 Å². The molecule has 3 N–H and O–H groups in total. The van der Waals surface area contributed by atoms with Crippen LogP contribution in [0.5, 0.6) is 0 Å². The van der Waals surface area contributed by atoms with Crippen molar-refractivity contribution in [2.24, 2.45) is 5.73 Å². The summed E-state index contributed by atoms with van der Waals surface area (Å²) >= 11 is 0. The van der Waals surface area contributed by atoms with Crippen LogP contribution in [0.3, 0.4) is 0 Å². The van der Waals surface area contributed by atoms with Crippen molar-refractivity contribution < 1.29 is 5.11 Å². The SMILES string of the molecule is NC(CCO)c1nnc2n1CCCCC2. The van der Waals surface area contributed by atoms with Crippen LogP contribution in [-0.2, 0) is 13.0 Å². The summed E-state index contributed by atoms with van der Waals surface area (Å²) in [5.41, 5.74) is 5.94. The molecule has 0 aromatic carbocycles. The standard InChI is InChI=1S/C10H18N4O/c11-8(5-7-15)10-13-12-9-4-2-1-3-6-14(9)10/h8,15H,1-7,11H2. The highest BCUT2D eigenvalue weighted by Gasteiger charge is 2.18. The van der Waals surface area contributed by atoms with E-state index in [1.165, 1.54) is 19.3 Å². The number of hydrogen-bond acceptors (Lipinski definition) is 4. The van der Waals surface area contributed by atoms with Gasteiger partial charge < -0.3 is 15.4 Å². The summed E-state index contributed by atoms with van der Waals surface area (Å²) in [4.78, 5) is 0. The van der Waals surface area contributed by atoms with Crippen molar-refractivity contribution in [1.82, 2.24) is 14.8 Å². The summed E-state index contributed by atoms with van der Waals surface area (Å²) in [6, 6.07) is -0.186. The van der Waals surface area contributed by atoms with E-state index in [2.05, 4.69) is 14.8 Å². The van der Waals surface area contributed by atoms with E-state index in [-0.39, 0.29) is 12.6 Å². The molecule has 0 radical (unpaired) electrons. The Bertz CT molecular complexity index is 323. The summed E-state index contributed by atoms with van der Waals surface area (Å²) in [6.45, 7) is 1.07. The van der Waals surface area contributed by atoms with Crippen LogP contribution in [0, 0.1) is 0 Å². The number of nitrogens with two attached hydrogens (primary N) is 1. The number of nitrogens with zero attached hydrogens (tertiary/aromatic N) is 3. The van der Waals surface area contributed by atoms with Gasteiger partial charge in [0.05, 0.1) is 6.04 Å². The Morgan fingerprint density at radius 1 is 1.33 bits per heavy atom. The molecule has 84 valence electrons. The highest BCUT2D eigenvalue weighted by Crippen LogP contribution is 2.18. The molecular formula is C10H18N4O. The number of rotatable bonds is 3. The van der Waals surface area contributed by atoms with Gasteiger partial charge in [0.25, 0.3) is 0 Å². The van der Waals surface area contributed by atoms with Crippen molar-refractivity contribution in [3.63, 3.8) is 0 Å². The zero-order valence-electron chi connectivity index (χ0n) is 8.89. The van der Waals surface area contributed by atoms with Crippen LogP contribution in [0.15, 0.2) is 0 Å². The fourth-order valence-electron chi connectivity index (χ4n) is 2.05. The topological polar surface area (TPSA) is 77.0 Å². The zero-order valence-corrected chi connectivity index (χ0v) is 8.89. The summed E-state index contributed by atoms with van der Waals surface area (Å²) in [5, 5.41) is 17.2. The van der Waals surface area contributed by atoms with Gasteiger partial charge in [0.15, 0.2) is 0 Å². The minimum atomic E-state index is -0.186. The Kier molecular flexibility index (Phi) is 3.33. The first-order valence-electron chi connectivity index (χ1n) is 5.61. The second kappa shape index (κ2) is 4.72. The smallest absolute Gasteiger partial charge is 0.150 e. The fourth-order valence-corrected chi connectivity index (χ4v) is 2.05. The third-order valence-corrected chi connectivity index (χ3v) is 2.91. The van der Waals surface area contributed by atoms with Crippen molar-refractivity contribution in [3.8, 4) is 0 Å². The maximum Gasteiger partial charge on any atom is 0.150 e. The van der Waals surface area contributed by atoms with Crippen molar-refractivity contribution in [3.05, 3.63) is 11.6 Å². The van der Waals surface area contributed by atoms with E-state index >= 15 is 0 Å². The number of aromatic nitrogens is 3. The molecule has 1 aliphatic rings. The Balaban J connectivity index is 2.21. The molecule has 0 saturated heterocycles. The van der Waals surface area contributed by atoms with Crippen LogP contribution in [-0.4, -0.2) is 26.5 Å². The average Bonchev–Trinajstić information content (AvgIpc) is 2.48. The van der Waals surface area contributed by atoms with Gasteiger partial charge in [-0.05, 0) is 19.3 Å². The van der Waals surface area contributed by atoms with Gasteiger partial charge in [-0.2, -0.15) is 0 Å². The molecule has 0 amide bonds. The van der Waals surface area contributed by atoms with Crippen LogP contribution < -0.4 is 5.73 Å². The van der Waals surface area contributed by atoms with Crippen LogP contribution in [0.1, 0.15) is 43.4 Å². The van der Waals surface area contributed by atoms with E-state index in [4.69, 9.17) is 10.8 Å². The molecule has 1 aromatic heterocycles. The molecule has 1 aliphatic heterocycles. The van der Waals surface area contributed by atoms with Gasteiger partial charge in [0.1, 0.15) is 11.6 Å². The van der Waals surface area contributed by atoms with E-state index < -0.39 is 0 Å². The van der Waals surface area contributed by atoms with E-state index in [1.807, 2.05) is 0 Å². The monoisotopic (exact) mass is 210 g/mol. The second-order valence-corrected chi connectivity index (χ2v) is 4.06. The Morgan fingerprint density at radius 3 is 3.00 bits per heavy atom. The molecule has 1 aromatic rings. The van der Waals surface area contributed by atoms with E-state index in [0.717, 1.165) is 24.6 Å². The Morgan fingerprint density at radius 2 is 2.20 bits per heavy atom. The van der Waals surface area contributed by atoms with Crippen molar-refractivity contribution in [2.45, 2.75) is 44.7 Å². The zero-order chi connectivity index (χ0) is 10.7. The molecule has 0 fully saturated rings. The van der Waals surface area contributed by atoms with Crippen LogP contribution in [0.4, 0.5) is 0 Å². The molecule has 1 atom stereocenters. The van der Waals surface area contributed by atoms with Gasteiger partial charge in [-0.25, -0.2) is 0 Å². The van der Waals surface area contributed by atoms with Gasteiger partial charge in [0.2, 0.25) is 0 Å². The first kappa shape index (κ1) is 10.6. The second-order valence-electron chi connectivity index (χ2n) is 4.06. The molecular weight excluding hydrogens is 192 g/mol. The fraction of sp³-hybridized carbons (Fsp3) is 0.800. The van der Waals surface area contributed by atoms with E-state index in [1.54, 1.807) is 0 Å². The van der Waals surface area contributed by atoms with Crippen molar-refractivity contribution in [2.75, 3.05) is 6.61 Å². The van der Waals surface area contributed by atoms with Gasteiger partial charge in [0, 0.05) is 19.6 Å². The van der Waals surface area contributed by atoms with Crippen molar-refractivity contribution >= 4 is 0 Å². The maximum absolute atomic E-state index is 8.86. The molecule has 2 heterocycles. The molecule has 0 spiro atoms. The third-order valence-electron chi connectivity index (χ3n) is 2.91. The number of aryl methyl sites for hydroxylation is 1. The first-order chi connectivity index (χ1) is 7.33. The molecule has 5 nitrogen and oxygen atoms in total. The molecule has 0 bridgehead atoms. The Hall–Kier alpha value is -0.940. The molecule has 0 aliphatic carbocycles. The van der Waals surface area contributed by atoms with Gasteiger partial charge in [-0.1, -0.05) is 6.42 Å². The predicted octanol–water partition coefficient (Wildman–Crippen LogP) is 0.387. The summed E-state index contributed by atoms with van der Waals surface area (Å²) < 4.78 is 2.13. The highest BCUT2D eigenvalue weighted by atomic mass is 16.3. The normalized spacial score (nSPS) is 18.3. The largest absolute Gasteiger partial charge is 0.396 e. The predicted molar refractivity (Wildman–Crippen MR) is 56.2 cm³/mol. The minimum absolute atomic E-state index is 0.101. The number of hydrogen-bond donors (Lipinski definition) is 2. The quantitative estimate of drug-likeness (QED) is 0.756. The lowest BCUT2D eigenvalue weighted by Crippen LogP contribution is -2.18. The average molecular weight is 210 g/mol. The van der Waals surface area contributed by atoms with Crippen LogP contribution in [0.2, 0.25) is 0 Å². The maximum atomic E-state index is 8.86. The molecule has 5 heteroatoms. The third kappa shape index (κ3) is 2.18. The van der Waals surface area contributed by atoms with Crippen LogP contribution in [0.25, 0.3) is 0 Å². The lowest BCUT2D eigenvalue weighted by atomic mass is 10.2. The molecule has 2 rings (SSSR count). The number of fused-ring (bicyclic) bond motifs is 1. The molecule has 0 saturated carbocycles. The number of aliphatic hydroxyl groups is 1. The van der Waals surface area contributed by atoms with E-state index in [9.17, 15) is 0 Å². The molecule has 15 heavy (non-hydrogen) atoms. The first-order valence-corrected chi connectivity index (χ1v) is 5.61. The lowest BCUT2D eigenvalue weighted by molar-refractivity contribution is 0.273. The van der Waals surface area contributed by atoms with E-state index in [0.29, 0.717) is 6.42 Å². The van der Waals surface area contributed by atoms with Gasteiger partial charge >= 0.3 is 0 Å².